The van der Waals surface area contributed by atoms with Gasteiger partial charge in [-0.05, 0) is 49.2 Å². The topological polar surface area (TPSA) is 64.6 Å². The molecule has 0 aliphatic rings. The van der Waals surface area contributed by atoms with Crippen LogP contribution in [0.3, 0.4) is 0 Å². The molecular weight excluding hydrogens is 374 g/mol. The van der Waals surface area contributed by atoms with Gasteiger partial charge < -0.3 is 14.8 Å². The first-order valence-electron chi connectivity index (χ1n) is 7.36. The van der Waals surface area contributed by atoms with Gasteiger partial charge in [0.15, 0.2) is 13.2 Å². The van der Waals surface area contributed by atoms with Gasteiger partial charge in [-0.25, -0.2) is 4.79 Å². The summed E-state index contributed by atoms with van der Waals surface area (Å²) in [6.45, 7) is 3.21. The molecule has 0 aliphatic heterocycles. The maximum absolute atomic E-state index is 11.7. The number of anilines is 1. The predicted molar refractivity (Wildman–Crippen MR) is 95.1 cm³/mol. The number of benzene rings is 2. The van der Waals surface area contributed by atoms with Crippen LogP contribution in [0, 0.1) is 13.8 Å². The Labute approximate surface area is 149 Å². The summed E-state index contributed by atoms with van der Waals surface area (Å²) in [7, 11) is 0. The summed E-state index contributed by atoms with van der Waals surface area (Å²) in [5.74, 6) is -0.338. The zero-order valence-electron chi connectivity index (χ0n) is 13.5. The molecule has 0 aromatic heterocycles. The number of para-hydroxylation sites is 1. The number of ether oxygens (including phenoxy) is 2. The van der Waals surface area contributed by atoms with Gasteiger partial charge in [0.05, 0.1) is 0 Å². The van der Waals surface area contributed by atoms with Crippen molar-refractivity contribution in [1.82, 2.24) is 0 Å². The molecule has 0 fully saturated rings. The van der Waals surface area contributed by atoms with Crippen LogP contribution in [0.2, 0.25) is 0 Å². The maximum Gasteiger partial charge on any atom is 0.344 e. The molecule has 24 heavy (non-hydrogen) atoms. The number of esters is 1. The molecule has 1 N–H and O–H groups in total. The van der Waals surface area contributed by atoms with Crippen molar-refractivity contribution in [2.24, 2.45) is 0 Å². The molecule has 0 heterocycles. The highest BCUT2D eigenvalue weighted by molar-refractivity contribution is 9.10. The Morgan fingerprint density at radius 3 is 2.25 bits per heavy atom. The van der Waals surface area contributed by atoms with Crippen molar-refractivity contribution in [2.75, 3.05) is 18.5 Å². The van der Waals surface area contributed by atoms with E-state index in [2.05, 4.69) is 21.2 Å². The maximum atomic E-state index is 11.7. The fourth-order valence-electron chi connectivity index (χ4n) is 2.08. The van der Waals surface area contributed by atoms with Crippen LogP contribution in [0.25, 0.3) is 0 Å². The molecule has 0 unspecified atom stereocenters. The molecular formula is C18H18BrNO4. The first-order valence-corrected chi connectivity index (χ1v) is 8.15. The van der Waals surface area contributed by atoms with E-state index in [1.54, 1.807) is 24.3 Å². The number of halogens is 1. The molecule has 2 rings (SSSR count). The zero-order valence-corrected chi connectivity index (χ0v) is 15.1. The van der Waals surface area contributed by atoms with E-state index in [-0.39, 0.29) is 13.2 Å². The molecule has 1 amide bonds. The summed E-state index contributed by atoms with van der Waals surface area (Å²) in [5, 5.41) is 2.64. The highest BCUT2D eigenvalue weighted by Crippen LogP contribution is 2.22. The number of hydrogen-bond acceptors (Lipinski definition) is 4. The number of aryl methyl sites for hydroxylation is 2. The third kappa shape index (κ3) is 5.38. The molecule has 6 heteroatoms. The van der Waals surface area contributed by atoms with Crippen molar-refractivity contribution in [1.29, 1.82) is 0 Å². The third-order valence-electron chi connectivity index (χ3n) is 3.24. The Bertz CT molecular complexity index is 708. The number of hydrogen-bond donors (Lipinski definition) is 1. The molecule has 0 radical (unpaired) electrons. The molecule has 0 atom stereocenters. The minimum absolute atomic E-state index is 0.239. The molecule has 0 bridgehead atoms. The van der Waals surface area contributed by atoms with E-state index in [0.717, 1.165) is 15.6 Å². The quantitative estimate of drug-likeness (QED) is 0.763. The fourth-order valence-corrected chi connectivity index (χ4v) is 2.34. The first-order chi connectivity index (χ1) is 11.5. The Kier molecular flexibility index (Phi) is 6.37. The van der Waals surface area contributed by atoms with E-state index in [4.69, 9.17) is 9.47 Å². The molecule has 5 nitrogen and oxygen atoms in total. The summed E-state index contributed by atoms with van der Waals surface area (Å²) in [4.78, 5) is 23.5. The van der Waals surface area contributed by atoms with Crippen LogP contribution >= 0.6 is 15.9 Å². The summed E-state index contributed by atoms with van der Waals surface area (Å²) in [5.41, 5.74) is 2.51. The summed E-state index contributed by atoms with van der Waals surface area (Å²) in [6.07, 6.45) is 0. The van der Waals surface area contributed by atoms with Crippen LogP contribution in [0.4, 0.5) is 5.69 Å². The second-order valence-corrected chi connectivity index (χ2v) is 6.14. The van der Waals surface area contributed by atoms with Crippen molar-refractivity contribution in [3.8, 4) is 5.75 Å². The monoisotopic (exact) mass is 391 g/mol. The van der Waals surface area contributed by atoms with Crippen molar-refractivity contribution in [2.45, 2.75) is 13.8 Å². The highest BCUT2D eigenvalue weighted by Gasteiger charge is 2.10. The van der Waals surface area contributed by atoms with Crippen molar-refractivity contribution in [3.05, 3.63) is 58.1 Å². The van der Waals surface area contributed by atoms with E-state index >= 15 is 0 Å². The van der Waals surface area contributed by atoms with E-state index < -0.39 is 11.9 Å². The summed E-state index contributed by atoms with van der Waals surface area (Å²) in [6, 6.07) is 12.8. The fraction of sp³-hybridized carbons (Fsp3) is 0.222. The second kappa shape index (κ2) is 8.49. The Hall–Kier alpha value is -2.34. The molecule has 0 saturated carbocycles. The van der Waals surface area contributed by atoms with Gasteiger partial charge in [-0.2, -0.15) is 0 Å². The average Bonchev–Trinajstić information content (AvgIpc) is 2.54. The molecule has 0 saturated heterocycles. The van der Waals surface area contributed by atoms with Gasteiger partial charge in [-0.1, -0.05) is 34.1 Å². The van der Waals surface area contributed by atoms with Gasteiger partial charge in [0.1, 0.15) is 5.75 Å². The summed E-state index contributed by atoms with van der Waals surface area (Å²) >= 11 is 3.31. The molecule has 126 valence electrons. The van der Waals surface area contributed by atoms with Crippen LogP contribution in [-0.4, -0.2) is 25.1 Å². The Balaban J connectivity index is 1.76. The van der Waals surface area contributed by atoms with Crippen LogP contribution in [0.5, 0.6) is 5.75 Å². The zero-order chi connectivity index (χ0) is 17.5. The number of rotatable bonds is 6. The third-order valence-corrected chi connectivity index (χ3v) is 3.76. The Morgan fingerprint density at radius 2 is 1.62 bits per heavy atom. The minimum Gasteiger partial charge on any atom is -0.481 e. The van der Waals surface area contributed by atoms with Crippen LogP contribution in [0.15, 0.2) is 46.9 Å². The van der Waals surface area contributed by atoms with E-state index in [1.165, 1.54) is 0 Å². The lowest BCUT2D eigenvalue weighted by atomic mass is 10.1. The van der Waals surface area contributed by atoms with Crippen molar-refractivity contribution in [3.63, 3.8) is 0 Å². The number of carbonyl (C=O) groups is 2. The SMILES string of the molecule is Cc1cccc(C)c1OCC(=O)OCC(=O)Nc1ccc(Br)cc1. The molecule has 2 aromatic carbocycles. The van der Waals surface area contributed by atoms with Gasteiger partial charge in [0, 0.05) is 10.2 Å². The molecule has 2 aromatic rings. The second-order valence-electron chi connectivity index (χ2n) is 5.23. The van der Waals surface area contributed by atoms with Gasteiger partial charge in [0.2, 0.25) is 0 Å². The van der Waals surface area contributed by atoms with Crippen LogP contribution < -0.4 is 10.1 Å². The lowest BCUT2D eigenvalue weighted by molar-refractivity contribution is -0.149. The Morgan fingerprint density at radius 1 is 1.00 bits per heavy atom. The van der Waals surface area contributed by atoms with Crippen molar-refractivity contribution < 1.29 is 19.1 Å². The average molecular weight is 392 g/mol. The van der Waals surface area contributed by atoms with Crippen LogP contribution in [-0.2, 0) is 14.3 Å². The largest absolute Gasteiger partial charge is 0.481 e. The summed E-state index contributed by atoms with van der Waals surface area (Å²) < 4.78 is 11.3. The number of carbonyl (C=O) groups excluding carboxylic acids is 2. The van der Waals surface area contributed by atoms with Gasteiger partial charge >= 0.3 is 5.97 Å². The highest BCUT2D eigenvalue weighted by atomic mass is 79.9. The minimum atomic E-state index is -0.594. The number of amides is 1. The van der Waals surface area contributed by atoms with Gasteiger partial charge in [-0.3, -0.25) is 4.79 Å². The van der Waals surface area contributed by atoms with Gasteiger partial charge in [-0.15, -0.1) is 0 Å². The lowest BCUT2D eigenvalue weighted by Gasteiger charge is -2.11. The van der Waals surface area contributed by atoms with Gasteiger partial charge in [0.25, 0.3) is 5.91 Å². The lowest BCUT2D eigenvalue weighted by Crippen LogP contribution is -2.23. The number of nitrogens with one attached hydrogen (secondary N) is 1. The standard InChI is InChI=1S/C18H18BrNO4/c1-12-4-3-5-13(2)18(12)24-11-17(22)23-10-16(21)20-15-8-6-14(19)7-9-15/h3-9H,10-11H2,1-2H3,(H,20,21). The van der Waals surface area contributed by atoms with Crippen molar-refractivity contribution >= 4 is 33.5 Å². The van der Waals surface area contributed by atoms with E-state index in [0.29, 0.717) is 11.4 Å². The predicted octanol–water partition coefficient (Wildman–Crippen LogP) is 3.63. The normalized spacial score (nSPS) is 10.1. The van der Waals surface area contributed by atoms with Crippen LogP contribution in [0.1, 0.15) is 11.1 Å². The molecule has 0 aliphatic carbocycles. The first kappa shape index (κ1) is 18.0. The van der Waals surface area contributed by atoms with E-state index in [1.807, 2.05) is 32.0 Å². The van der Waals surface area contributed by atoms with E-state index in [9.17, 15) is 9.59 Å². The molecule has 0 spiro atoms. The smallest absolute Gasteiger partial charge is 0.344 e.